The number of carbonyl (C=O) groups excluding carboxylic acids is 2. The zero-order valence-corrected chi connectivity index (χ0v) is 14.7. The average Bonchev–Trinajstić information content (AvgIpc) is 3.00. The van der Waals surface area contributed by atoms with Crippen LogP contribution in [0.4, 0.5) is 5.69 Å². The molecule has 1 spiro atoms. The van der Waals surface area contributed by atoms with Crippen molar-refractivity contribution in [3.8, 4) is 17.2 Å². The minimum atomic E-state index is -1.37. The second-order valence-corrected chi connectivity index (χ2v) is 6.75. The summed E-state index contributed by atoms with van der Waals surface area (Å²) in [7, 11) is 0. The average molecular weight is 388 g/mol. The summed E-state index contributed by atoms with van der Waals surface area (Å²) in [6.07, 6.45) is 0. The number of hydrogen-bond acceptors (Lipinski definition) is 7. The summed E-state index contributed by atoms with van der Waals surface area (Å²) in [5, 5.41) is 12.8. The van der Waals surface area contributed by atoms with E-state index in [0.717, 1.165) is 0 Å². The largest absolute Gasteiger partial charge is 0.508 e. The predicted octanol–water partition coefficient (Wildman–Crippen LogP) is 3.46. The number of carbonyl (C=O) groups is 2. The molecule has 0 fully saturated rings. The van der Waals surface area contributed by atoms with Crippen molar-refractivity contribution in [2.24, 2.45) is 10.9 Å². The summed E-state index contributed by atoms with van der Waals surface area (Å²) in [6.45, 7) is 0. The van der Waals surface area contributed by atoms with Crippen LogP contribution in [0.15, 0.2) is 59.8 Å². The number of primary amides is 1. The van der Waals surface area contributed by atoms with E-state index < -0.39 is 17.5 Å². The fourth-order valence-electron chi connectivity index (χ4n) is 3.92. The van der Waals surface area contributed by atoms with Crippen LogP contribution in [-0.4, -0.2) is 17.0 Å². The Morgan fingerprint density at radius 3 is 2.38 bits per heavy atom. The Labute approximate surface area is 163 Å². The monoisotopic (exact) mass is 388 g/mol. The van der Waals surface area contributed by atoms with Crippen LogP contribution in [-0.2, 0) is 10.3 Å². The van der Waals surface area contributed by atoms with Crippen molar-refractivity contribution < 1.29 is 24.2 Å². The van der Waals surface area contributed by atoms with Crippen LogP contribution in [0.2, 0.25) is 0 Å². The van der Waals surface area contributed by atoms with Crippen molar-refractivity contribution in [3.63, 3.8) is 0 Å². The maximum atomic E-state index is 12.8. The number of nitrogens with zero attached hydrogens (tertiary/aromatic N) is 1. The van der Waals surface area contributed by atoms with Gasteiger partial charge in [-0.25, -0.2) is 4.79 Å². The van der Waals surface area contributed by atoms with E-state index in [0.29, 0.717) is 16.7 Å². The smallest absolute Gasteiger partial charge is 0.340 e. The van der Waals surface area contributed by atoms with Gasteiger partial charge in [-0.15, -0.1) is 4.91 Å². The van der Waals surface area contributed by atoms with Gasteiger partial charge in [-0.05, 0) is 41.6 Å². The molecule has 0 aromatic heterocycles. The van der Waals surface area contributed by atoms with Crippen molar-refractivity contribution in [2.75, 3.05) is 0 Å². The van der Waals surface area contributed by atoms with Gasteiger partial charge >= 0.3 is 5.97 Å². The third kappa shape index (κ3) is 2.19. The lowest BCUT2D eigenvalue weighted by Crippen LogP contribution is -2.32. The highest BCUT2D eigenvalue weighted by Crippen LogP contribution is 2.57. The number of phenolic OH excluding ortho intramolecular Hbond substituents is 1. The Balaban J connectivity index is 1.86. The number of ether oxygens (including phenoxy) is 2. The number of phenols is 1. The first-order chi connectivity index (χ1) is 13.9. The molecule has 1 amide bonds. The molecule has 0 radical (unpaired) electrons. The minimum Gasteiger partial charge on any atom is -0.508 e. The van der Waals surface area contributed by atoms with E-state index in [1.54, 1.807) is 18.2 Å². The molecule has 3 aromatic carbocycles. The molecule has 5 rings (SSSR count). The number of benzene rings is 3. The van der Waals surface area contributed by atoms with Crippen LogP contribution >= 0.6 is 0 Å². The van der Waals surface area contributed by atoms with Gasteiger partial charge in [-0.1, -0.05) is 6.07 Å². The van der Waals surface area contributed by atoms with Gasteiger partial charge in [0.1, 0.15) is 22.9 Å². The lowest BCUT2D eigenvalue weighted by Gasteiger charge is -2.36. The predicted molar refractivity (Wildman–Crippen MR) is 100 cm³/mol. The van der Waals surface area contributed by atoms with Crippen LogP contribution < -0.4 is 10.5 Å². The lowest BCUT2D eigenvalue weighted by molar-refractivity contribution is 0.0224. The second-order valence-electron chi connectivity index (χ2n) is 6.75. The van der Waals surface area contributed by atoms with E-state index in [9.17, 15) is 19.6 Å². The Morgan fingerprint density at radius 2 is 1.66 bits per heavy atom. The third-order valence-corrected chi connectivity index (χ3v) is 5.16. The second kappa shape index (κ2) is 5.65. The molecule has 0 saturated carbocycles. The zero-order chi connectivity index (χ0) is 20.3. The topological polar surface area (TPSA) is 128 Å². The number of aromatic hydroxyl groups is 1. The van der Waals surface area contributed by atoms with Gasteiger partial charge in [0, 0.05) is 34.4 Å². The standard InChI is InChI=1S/C21H12N2O6/c22-19(25)10-1-4-14-13(7-10)20(26)29-21(14)15-5-2-11(23-27)8-17(15)28-18-9-12(24)3-6-16(18)21/h1-9,24H,(H2,22,25). The van der Waals surface area contributed by atoms with E-state index in [4.69, 9.17) is 15.2 Å². The van der Waals surface area contributed by atoms with Crippen molar-refractivity contribution in [1.29, 1.82) is 0 Å². The van der Waals surface area contributed by atoms with Crippen LogP contribution in [0.3, 0.4) is 0 Å². The highest BCUT2D eigenvalue weighted by molar-refractivity contribution is 6.01. The summed E-state index contributed by atoms with van der Waals surface area (Å²) in [5.41, 5.74) is 5.96. The molecule has 1 unspecified atom stereocenters. The van der Waals surface area contributed by atoms with Crippen LogP contribution in [0, 0.1) is 4.91 Å². The number of fused-ring (bicyclic) bond motifs is 6. The number of hydrogen-bond donors (Lipinski definition) is 2. The van der Waals surface area contributed by atoms with E-state index in [1.165, 1.54) is 36.4 Å². The summed E-state index contributed by atoms with van der Waals surface area (Å²) in [5.74, 6) is -0.811. The maximum absolute atomic E-state index is 12.8. The quantitative estimate of drug-likeness (QED) is 0.511. The molecular formula is C21H12N2O6. The number of nitrogens with two attached hydrogens (primary N) is 1. The normalized spacial score (nSPS) is 18.3. The molecule has 3 N–H and O–H groups in total. The van der Waals surface area contributed by atoms with E-state index in [1.807, 2.05) is 0 Å². The van der Waals surface area contributed by atoms with E-state index >= 15 is 0 Å². The molecule has 8 nitrogen and oxygen atoms in total. The Bertz CT molecular complexity index is 1250. The molecule has 2 aliphatic rings. The van der Waals surface area contributed by atoms with Gasteiger partial charge in [0.2, 0.25) is 5.91 Å². The molecule has 142 valence electrons. The van der Waals surface area contributed by atoms with Crippen LogP contribution in [0.5, 0.6) is 17.2 Å². The Hall–Kier alpha value is -4.20. The molecule has 29 heavy (non-hydrogen) atoms. The van der Waals surface area contributed by atoms with Gasteiger partial charge in [0.25, 0.3) is 0 Å². The zero-order valence-electron chi connectivity index (χ0n) is 14.7. The molecule has 0 bridgehead atoms. The summed E-state index contributed by atoms with van der Waals surface area (Å²) in [4.78, 5) is 35.3. The van der Waals surface area contributed by atoms with E-state index in [2.05, 4.69) is 5.18 Å². The molecule has 0 saturated heterocycles. The summed E-state index contributed by atoms with van der Waals surface area (Å²) < 4.78 is 11.8. The fourth-order valence-corrected chi connectivity index (χ4v) is 3.92. The van der Waals surface area contributed by atoms with Crippen molar-refractivity contribution in [2.45, 2.75) is 5.60 Å². The van der Waals surface area contributed by atoms with Crippen LogP contribution in [0.25, 0.3) is 0 Å². The summed E-state index contributed by atoms with van der Waals surface area (Å²) in [6, 6.07) is 13.5. The molecule has 3 aromatic rings. The molecule has 0 aliphatic carbocycles. The fraction of sp³-hybridized carbons (Fsp3) is 0.0476. The van der Waals surface area contributed by atoms with E-state index in [-0.39, 0.29) is 34.1 Å². The molecule has 2 aliphatic heterocycles. The summed E-state index contributed by atoms with van der Waals surface area (Å²) >= 11 is 0. The van der Waals surface area contributed by atoms with Gasteiger partial charge in [-0.3, -0.25) is 4.79 Å². The highest BCUT2D eigenvalue weighted by atomic mass is 16.6. The van der Waals surface area contributed by atoms with Crippen molar-refractivity contribution in [3.05, 3.63) is 87.3 Å². The third-order valence-electron chi connectivity index (χ3n) is 5.16. The molecule has 2 heterocycles. The van der Waals surface area contributed by atoms with Gasteiger partial charge < -0.3 is 20.3 Å². The minimum absolute atomic E-state index is 0.0411. The molecular weight excluding hydrogens is 376 g/mol. The first-order valence-electron chi connectivity index (χ1n) is 8.61. The number of rotatable bonds is 2. The van der Waals surface area contributed by atoms with Gasteiger partial charge in [0.05, 0.1) is 5.56 Å². The number of nitroso groups, excluding NO2 is 1. The molecule has 1 atom stereocenters. The Morgan fingerprint density at radius 1 is 0.966 bits per heavy atom. The van der Waals surface area contributed by atoms with Gasteiger partial charge in [0.15, 0.2) is 5.60 Å². The lowest BCUT2D eigenvalue weighted by atomic mass is 9.77. The SMILES string of the molecule is NC(=O)c1ccc2c(c1)C(=O)OC21c2ccc(O)cc2Oc2cc(N=O)ccc21. The highest BCUT2D eigenvalue weighted by Gasteiger charge is 2.53. The molecule has 8 heteroatoms. The van der Waals surface area contributed by atoms with Crippen LogP contribution in [0.1, 0.15) is 37.4 Å². The Kier molecular flexibility index (Phi) is 3.30. The van der Waals surface area contributed by atoms with Gasteiger partial charge in [-0.2, -0.15) is 0 Å². The maximum Gasteiger partial charge on any atom is 0.340 e. The van der Waals surface area contributed by atoms with Crippen molar-refractivity contribution >= 4 is 17.6 Å². The first-order valence-corrected chi connectivity index (χ1v) is 8.61. The first kappa shape index (κ1) is 16.9. The van der Waals surface area contributed by atoms with Crippen molar-refractivity contribution in [1.82, 2.24) is 0 Å². The number of amides is 1. The number of esters is 1.